The molecule has 2 fully saturated rings. The molecule has 1 aliphatic carbocycles. The van der Waals surface area contributed by atoms with Gasteiger partial charge < -0.3 is 5.32 Å². The lowest BCUT2D eigenvalue weighted by atomic mass is 9.76. The van der Waals surface area contributed by atoms with E-state index in [1.165, 1.54) is 15.3 Å². The minimum Gasteiger partial charge on any atom is -0.319 e. The van der Waals surface area contributed by atoms with Gasteiger partial charge >= 0.3 is 6.03 Å². The number of carbonyl (C=O) groups is 2. The second-order valence-electron chi connectivity index (χ2n) is 8.30. The van der Waals surface area contributed by atoms with Gasteiger partial charge in [0.2, 0.25) is 0 Å². The van der Waals surface area contributed by atoms with E-state index in [0.717, 1.165) is 35.3 Å². The van der Waals surface area contributed by atoms with Gasteiger partial charge in [0.15, 0.2) is 0 Å². The summed E-state index contributed by atoms with van der Waals surface area (Å²) in [5.41, 5.74) is 0.995. The van der Waals surface area contributed by atoms with E-state index in [4.69, 9.17) is 11.6 Å². The fourth-order valence-corrected chi connectivity index (χ4v) is 7.87. The van der Waals surface area contributed by atoms with Gasteiger partial charge in [-0.05, 0) is 42.5 Å². The van der Waals surface area contributed by atoms with E-state index in [1.807, 2.05) is 29.2 Å². The summed E-state index contributed by atoms with van der Waals surface area (Å²) in [5, 5.41) is 2.97. The minimum atomic E-state index is -3.59. The molecule has 8 nitrogen and oxygen atoms in total. The Morgan fingerprint density at radius 3 is 2.53 bits per heavy atom. The molecule has 1 atom stereocenters. The van der Waals surface area contributed by atoms with Gasteiger partial charge in [0, 0.05) is 26.2 Å². The molecule has 170 valence electrons. The third kappa shape index (κ3) is 3.54. The molecule has 11 heteroatoms. The third-order valence-electron chi connectivity index (χ3n) is 6.47. The molecule has 1 spiro atoms. The van der Waals surface area contributed by atoms with Gasteiger partial charge in [0.25, 0.3) is 15.9 Å². The van der Waals surface area contributed by atoms with Gasteiger partial charge in [0.1, 0.15) is 9.75 Å². The van der Waals surface area contributed by atoms with Crippen molar-refractivity contribution in [3.63, 3.8) is 0 Å². The number of thiophene rings is 1. The normalized spacial score (nSPS) is 24.7. The lowest BCUT2D eigenvalue weighted by molar-refractivity contribution is -0.133. The maximum atomic E-state index is 13.4. The molecule has 3 amide bonds. The van der Waals surface area contributed by atoms with Gasteiger partial charge in [0.05, 0.1) is 11.0 Å². The predicted molar refractivity (Wildman–Crippen MR) is 121 cm³/mol. The molecule has 3 heterocycles. The van der Waals surface area contributed by atoms with Crippen LogP contribution in [-0.2, 0) is 26.8 Å². The third-order valence-corrected chi connectivity index (χ3v) is 10.1. The molecular weight excluding hydrogens is 472 g/mol. The average molecular weight is 495 g/mol. The monoisotopic (exact) mass is 494 g/mol. The number of sulfonamides is 1. The van der Waals surface area contributed by atoms with Crippen LogP contribution in [0.15, 0.2) is 40.6 Å². The van der Waals surface area contributed by atoms with E-state index < -0.39 is 21.6 Å². The molecule has 5 rings (SSSR count). The summed E-state index contributed by atoms with van der Waals surface area (Å²) in [6.07, 6.45) is 2.31. The number of urea groups is 1. The first kappa shape index (κ1) is 21.8. The summed E-state index contributed by atoms with van der Waals surface area (Å²) in [6.45, 7) is 1.58. The Hall–Kier alpha value is -1.98. The van der Waals surface area contributed by atoms with Gasteiger partial charge in [-0.2, -0.15) is 4.31 Å². The average Bonchev–Trinajstić information content (AvgIpc) is 3.33. The van der Waals surface area contributed by atoms with Crippen molar-refractivity contribution in [1.29, 1.82) is 0 Å². The zero-order chi connectivity index (χ0) is 22.5. The second kappa shape index (κ2) is 8.11. The number of piperazine rings is 1. The van der Waals surface area contributed by atoms with Crippen molar-refractivity contribution in [1.82, 2.24) is 19.4 Å². The molecular formula is C21H23ClN4O4S2. The first-order chi connectivity index (χ1) is 15.3. The summed E-state index contributed by atoms with van der Waals surface area (Å²) in [5.74, 6) is -0.224. The standard InChI is InChI=1S/C21H23ClN4O4S2/c22-17-7-8-18(31-17)32(29,30)25-12-10-24(11-13-25)14-26-19(27)21(23-20(26)28)9-3-5-15-4-1-2-6-16(15)21/h1-2,4,6-8H,3,5,9-14H2,(H,23,28)/t21-/m0/s1. The number of fused-ring (bicyclic) bond motifs is 2. The van der Waals surface area contributed by atoms with Crippen LogP contribution >= 0.6 is 22.9 Å². The maximum absolute atomic E-state index is 13.4. The number of hydrogen-bond donors (Lipinski definition) is 1. The smallest absolute Gasteiger partial charge is 0.319 e. The van der Waals surface area contributed by atoms with E-state index in [0.29, 0.717) is 23.8 Å². The minimum absolute atomic E-state index is 0.146. The zero-order valence-electron chi connectivity index (χ0n) is 17.3. The van der Waals surface area contributed by atoms with Crippen LogP contribution in [0.2, 0.25) is 4.34 Å². The van der Waals surface area contributed by atoms with Crippen LogP contribution in [0.25, 0.3) is 0 Å². The Balaban J connectivity index is 1.27. The van der Waals surface area contributed by atoms with E-state index >= 15 is 0 Å². The number of benzene rings is 1. The van der Waals surface area contributed by atoms with E-state index in [-0.39, 0.29) is 29.9 Å². The van der Waals surface area contributed by atoms with Crippen molar-refractivity contribution in [2.24, 2.45) is 0 Å². The van der Waals surface area contributed by atoms with Crippen LogP contribution in [0.3, 0.4) is 0 Å². The number of nitrogens with one attached hydrogen (secondary N) is 1. The molecule has 2 aliphatic heterocycles. The largest absolute Gasteiger partial charge is 0.326 e. The SMILES string of the molecule is O=C1N[C@]2(CCCc3ccccc32)C(=O)N1CN1CCN(S(=O)(=O)c2ccc(Cl)s2)CC1. The highest BCUT2D eigenvalue weighted by atomic mass is 35.5. The molecule has 0 saturated carbocycles. The first-order valence-electron chi connectivity index (χ1n) is 10.5. The first-order valence-corrected chi connectivity index (χ1v) is 13.1. The molecule has 2 aromatic rings. The molecule has 3 aliphatic rings. The Bertz CT molecular complexity index is 1180. The number of aryl methyl sites for hydroxylation is 1. The van der Waals surface area contributed by atoms with Crippen molar-refractivity contribution in [2.45, 2.75) is 29.0 Å². The summed E-state index contributed by atoms with van der Waals surface area (Å²) in [7, 11) is -3.59. The highest BCUT2D eigenvalue weighted by molar-refractivity contribution is 7.91. The number of rotatable bonds is 4. The van der Waals surface area contributed by atoms with Crippen LogP contribution in [0.1, 0.15) is 24.0 Å². The maximum Gasteiger partial charge on any atom is 0.326 e. The quantitative estimate of drug-likeness (QED) is 0.659. The number of hydrogen-bond acceptors (Lipinski definition) is 6. The highest BCUT2D eigenvalue weighted by Crippen LogP contribution is 2.40. The van der Waals surface area contributed by atoms with Crippen molar-refractivity contribution >= 4 is 44.9 Å². The van der Waals surface area contributed by atoms with Crippen LogP contribution in [-0.4, -0.2) is 67.3 Å². The predicted octanol–water partition coefficient (Wildman–Crippen LogP) is 2.45. The molecule has 1 aromatic carbocycles. The van der Waals surface area contributed by atoms with Crippen molar-refractivity contribution in [2.75, 3.05) is 32.8 Å². The Morgan fingerprint density at radius 2 is 1.81 bits per heavy atom. The topological polar surface area (TPSA) is 90.0 Å². The Kier molecular flexibility index (Phi) is 5.53. The fraction of sp³-hybridized carbons (Fsp3) is 0.429. The Labute approximate surface area is 195 Å². The van der Waals surface area contributed by atoms with Gasteiger partial charge in [-0.15, -0.1) is 11.3 Å². The zero-order valence-corrected chi connectivity index (χ0v) is 19.7. The molecule has 32 heavy (non-hydrogen) atoms. The molecule has 2 saturated heterocycles. The van der Waals surface area contributed by atoms with Crippen LogP contribution in [0, 0.1) is 0 Å². The van der Waals surface area contributed by atoms with Gasteiger partial charge in [-0.25, -0.2) is 18.1 Å². The van der Waals surface area contributed by atoms with Crippen LogP contribution < -0.4 is 5.32 Å². The van der Waals surface area contributed by atoms with Crippen LogP contribution in [0.5, 0.6) is 0 Å². The summed E-state index contributed by atoms with van der Waals surface area (Å²) < 4.78 is 27.7. The van der Waals surface area contributed by atoms with Gasteiger partial charge in [-0.3, -0.25) is 9.69 Å². The molecule has 0 unspecified atom stereocenters. The molecule has 0 bridgehead atoms. The Morgan fingerprint density at radius 1 is 1.06 bits per heavy atom. The molecule has 1 aromatic heterocycles. The number of carbonyl (C=O) groups excluding carboxylic acids is 2. The highest BCUT2D eigenvalue weighted by Gasteiger charge is 2.54. The molecule has 1 N–H and O–H groups in total. The summed E-state index contributed by atoms with van der Waals surface area (Å²) in [6, 6.07) is 10.5. The molecule has 0 radical (unpaired) electrons. The second-order valence-corrected chi connectivity index (χ2v) is 12.2. The summed E-state index contributed by atoms with van der Waals surface area (Å²) in [4.78, 5) is 29.5. The lowest BCUT2D eigenvalue weighted by Gasteiger charge is -2.36. The van der Waals surface area contributed by atoms with Crippen molar-refractivity contribution in [3.05, 3.63) is 51.9 Å². The van der Waals surface area contributed by atoms with Crippen LogP contribution in [0.4, 0.5) is 4.79 Å². The van der Waals surface area contributed by atoms with E-state index in [9.17, 15) is 18.0 Å². The fourth-order valence-electron chi connectivity index (χ4n) is 4.81. The van der Waals surface area contributed by atoms with Crippen molar-refractivity contribution in [3.8, 4) is 0 Å². The number of amides is 3. The van der Waals surface area contributed by atoms with Crippen molar-refractivity contribution < 1.29 is 18.0 Å². The number of imide groups is 1. The van der Waals surface area contributed by atoms with E-state index in [2.05, 4.69) is 5.32 Å². The van der Waals surface area contributed by atoms with Gasteiger partial charge in [-0.1, -0.05) is 35.9 Å². The number of nitrogens with zero attached hydrogens (tertiary/aromatic N) is 3. The lowest BCUT2D eigenvalue weighted by Crippen LogP contribution is -2.53. The van der Waals surface area contributed by atoms with E-state index in [1.54, 1.807) is 6.07 Å². The number of halogens is 1. The summed E-state index contributed by atoms with van der Waals surface area (Å²) >= 11 is 6.94.